The highest BCUT2D eigenvalue weighted by atomic mass is 16.6. The van der Waals surface area contributed by atoms with Crippen LogP contribution in [0.4, 0.5) is 0 Å². The van der Waals surface area contributed by atoms with Gasteiger partial charge in [-0.1, -0.05) is 243 Å². The van der Waals surface area contributed by atoms with Gasteiger partial charge in [-0.15, -0.1) is 0 Å². The van der Waals surface area contributed by atoms with E-state index in [2.05, 4.69) is 57.2 Å². The lowest BCUT2D eigenvalue weighted by Crippen LogP contribution is -2.30. The fourth-order valence-electron chi connectivity index (χ4n) is 8.14. The maximum atomic E-state index is 12.8. The van der Waals surface area contributed by atoms with Gasteiger partial charge in [0.2, 0.25) is 0 Å². The number of carbonyl (C=O) groups excluding carboxylic acids is 3. The van der Waals surface area contributed by atoms with Crippen LogP contribution in [0.2, 0.25) is 0 Å². The van der Waals surface area contributed by atoms with Gasteiger partial charge in [0.1, 0.15) is 13.2 Å². The molecule has 0 aliphatic carbocycles. The largest absolute Gasteiger partial charge is 0.462 e. The molecule has 0 bridgehead atoms. The van der Waals surface area contributed by atoms with E-state index < -0.39 is 6.10 Å². The van der Waals surface area contributed by atoms with Crippen LogP contribution in [-0.2, 0) is 28.6 Å². The minimum atomic E-state index is -0.786. The van der Waals surface area contributed by atoms with Gasteiger partial charge in [-0.3, -0.25) is 14.4 Å². The highest BCUT2D eigenvalue weighted by Crippen LogP contribution is 2.16. The Kier molecular flexibility index (Phi) is 51.3. The molecule has 0 amide bonds. The number of carbonyl (C=O) groups is 3. The quantitative estimate of drug-likeness (QED) is 0.0199. The zero-order valence-corrected chi connectivity index (χ0v) is 42.8. The van der Waals surface area contributed by atoms with Gasteiger partial charge in [-0.25, -0.2) is 0 Å². The summed E-state index contributed by atoms with van der Waals surface area (Å²) < 4.78 is 16.8. The summed E-state index contributed by atoms with van der Waals surface area (Å²) in [6.07, 6.45) is 62.8. The average molecular weight is 899 g/mol. The predicted molar refractivity (Wildman–Crippen MR) is 275 cm³/mol. The highest BCUT2D eigenvalue weighted by molar-refractivity contribution is 5.71. The van der Waals surface area contributed by atoms with Crippen molar-refractivity contribution in [3.63, 3.8) is 0 Å². The summed E-state index contributed by atoms with van der Waals surface area (Å²) in [5, 5.41) is 0. The van der Waals surface area contributed by atoms with Crippen LogP contribution in [0.15, 0.2) is 36.5 Å². The molecule has 0 fully saturated rings. The maximum absolute atomic E-state index is 12.8. The molecule has 6 nitrogen and oxygen atoms in total. The van der Waals surface area contributed by atoms with Crippen molar-refractivity contribution in [2.45, 2.75) is 303 Å². The maximum Gasteiger partial charge on any atom is 0.306 e. The van der Waals surface area contributed by atoms with E-state index in [9.17, 15) is 14.4 Å². The molecule has 0 aliphatic heterocycles. The van der Waals surface area contributed by atoms with Gasteiger partial charge in [0.15, 0.2) is 6.10 Å². The third-order valence-corrected chi connectivity index (χ3v) is 12.4. The Hall–Kier alpha value is -2.37. The van der Waals surface area contributed by atoms with Crippen molar-refractivity contribution in [1.82, 2.24) is 0 Å². The number of unbranched alkanes of at least 4 members (excludes halogenated alkanes) is 35. The Bertz CT molecular complexity index is 1080. The molecule has 0 aliphatic rings. The van der Waals surface area contributed by atoms with Crippen molar-refractivity contribution in [2.75, 3.05) is 13.2 Å². The third-order valence-electron chi connectivity index (χ3n) is 12.4. The Labute approximate surface area is 397 Å². The van der Waals surface area contributed by atoms with Gasteiger partial charge in [0.25, 0.3) is 0 Å². The van der Waals surface area contributed by atoms with E-state index in [0.717, 1.165) is 77.0 Å². The first-order chi connectivity index (χ1) is 31.5. The van der Waals surface area contributed by atoms with E-state index in [1.54, 1.807) is 0 Å². The normalized spacial score (nSPS) is 12.2. The van der Waals surface area contributed by atoms with Gasteiger partial charge < -0.3 is 14.2 Å². The van der Waals surface area contributed by atoms with Crippen molar-refractivity contribution in [2.24, 2.45) is 0 Å². The molecule has 1 unspecified atom stereocenters. The number of hydrogen-bond acceptors (Lipinski definition) is 6. The number of allylic oxidation sites excluding steroid dienone is 6. The molecule has 0 aromatic rings. The van der Waals surface area contributed by atoms with Crippen LogP contribution in [0, 0.1) is 0 Å². The minimum absolute atomic E-state index is 0.0821. The summed E-state index contributed by atoms with van der Waals surface area (Å²) >= 11 is 0. The van der Waals surface area contributed by atoms with Crippen LogP contribution in [0.1, 0.15) is 297 Å². The van der Waals surface area contributed by atoms with E-state index >= 15 is 0 Å². The smallest absolute Gasteiger partial charge is 0.306 e. The van der Waals surface area contributed by atoms with Crippen LogP contribution in [0.25, 0.3) is 0 Å². The summed E-state index contributed by atoms with van der Waals surface area (Å²) in [7, 11) is 0. The Morgan fingerprint density at radius 2 is 0.562 bits per heavy atom. The molecule has 0 saturated carbocycles. The monoisotopic (exact) mass is 899 g/mol. The fourth-order valence-corrected chi connectivity index (χ4v) is 8.14. The number of rotatable bonds is 51. The van der Waals surface area contributed by atoms with Gasteiger partial charge in [-0.2, -0.15) is 0 Å². The van der Waals surface area contributed by atoms with Crippen LogP contribution in [0.5, 0.6) is 0 Å². The van der Waals surface area contributed by atoms with Crippen LogP contribution in [-0.4, -0.2) is 37.2 Å². The number of hydrogen-bond donors (Lipinski definition) is 0. The van der Waals surface area contributed by atoms with Crippen LogP contribution < -0.4 is 0 Å². The second-order valence-electron chi connectivity index (χ2n) is 18.9. The molecule has 0 aromatic carbocycles. The van der Waals surface area contributed by atoms with E-state index in [0.29, 0.717) is 19.3 Å². The lowest BCUT2D eigenvalue weighted by Gasteiger charge is -2.18. The number of ether oxygens (including phenoxy) is 3. The first-order valence-corrected chi connectivity index (χ1v) is 28.0. The Morgan fingerprint density at radius 3 is 0.922 bits per heavy atom. The van der Waals surface area contributed by atoms with Crippen molar-refractivity contribution in [3.05, 3.63) is 36.5 Å². The summed E-state index contributed by atoms with van der Waals surface area (Å²) in [5.41, 5.74) is 0. The second kappa shape index (κ2) is 53.2. The molecule has 64 heavy (non-hydrogen) atoms. The van der Waals surface area contributed by atoms with Gasteiger partial charge >= 0.3 is 17.9 Å². The van der Waals surface area contributed by atoms with Gasteiger partial charge in [0, 0.05) is 19.3 Å². The summed E-state index contributed by atoms with van der Waals surface area (Å²) in [6.45, 7) is 6.61. The third kappa shape index (κ3) is 50.6. The highest BCUT2D eigenvalue weighted by Gasteiger charge is 2.19. The molecule has 0 rings (SSSR count). The molecule has 0 saturated heterocycles. The minimum Gasteiger partial charge on any atom is -0.462 e. The van der Waals surface area contributed by atoms with E-state index in [1.807, 2.05) is 0 Å². The molecule has 0 aromatic heterocycles. The lowest BCUT2D eigenvalue weighted by atomic mass is 10.0. The summed E-state index contributed by atoms with van der Waals surface area (Å²) in [6, 6.07) is 0. The van der Waals surface area contributed by atoms with E-state index in [4.69, 9.17) is 14.2 Å². The molecular weight excluding hydrogens is 793 g/mol. The first-order valence-electron chi connectivity index (χ1n) is 28.0. The predicted octanol–water partition coefficient (Wildman–Crippen LogP) is 18.5. The SMILES string of the molecule is CCCCC/C=C\CCCCCCCC(=O)OCC(COC(=O)CCCCCCCCCCCCCCCCCCCC)OC(=O)CCCCC/C=C\C=C/CCCCCCCCC. The standard InChI is InChI=1S/C58H106O6/c1-4-7-10-13-16-19-22-25-27-29-30-32-33-36-39-42-45-48-51-57(60)63-54-55(53-62-56(59)50-47-44-41-38-35-24-21-18-15-12-9-6-3)64-58(61)52-49-46-43-40-37-34-31-28-26-23-20-17-14-11-8-5-2/h18,21,28,31,34,37,55H,4-17,19-20,22-27,29-30,32-33,35-36,38-54H2,1-3H3/b21-18-,31-28-,37-34-. The Balaban J connectivity index is 4.36. The van der Waals surface area contributed by atoms with Crippen molar-refractivity contribution in [3.8, 4) is 0 Å². The van der Waals surface area contributed by atoms with Crippen LogP contribution >= 0.6 is 0 Å². The average Bonchev–Trinajstić information content (AvgIpc) is 3.29. The van der Waals surface area contributed by atoms with E-state index in [1.165, 1.54) is 180 Å². The van der Waals surface area contributed by atoms with E-state index in [-0.39, 0.29) is 31.1 Å². The molecule has 6 heteroatoms. The molecular formula is C58H106O6. The van der Waals surface area contributed by atoms with Crippen molar-refractivity contribution in [1.29, 1.82) is 0 Å². The molecule has 0 N–H and O–H groups in total. The van der Waals surface area contributed by atoms with Crippen molar-refractivity contribution >= 4 is 17.9 Å². The molecule has 1 atom stereocenters. The van der Waals surface area contributed by atoms with Crippen molar-refractivity contribution < 1.29 is 28.6 Å². The zero-order valence-electron chi connectivity index (χ0n) is 42.8. The van der Waals surface area contributed by atoms with Crippen LogP contribution in [0.3, 0.4) is 0 Å². The summed E-state index contributed by atoms with van der Waals surface area (Å²) in [4.78, 5) is 38.0. The second-order valence-corrected chi connectivity index (χ2v) is 18.9. The van der Waals surface area contributed by atoms with Gasteiger partial charge in [0.05, 0.1) is 0 Å². The van der Waals surface area contributed by atoms with Gasteiger partial charge in [-0.05, 0) is 70.6 Å². The molecule has 0 spiro atoms. The fraction of sp³-hybridized carbons (Fsp3) is 0.845. The zero-order chi connectivity index (χ0) is 46.5. The molecule has 374 valence electrons. The molecule has 0 heterocycles. The molecule has 0 radical (unpaired) electrons. The summed E-state index contributed by atoms with van der Waals surface area (Å²) in [5.74, 6) is -0.904. The first kappa shape index (κ1) is 61.6. The lowest BCUT2D eigenvalue weighted by molar-refractivity contribution is -0.167. The Morgan fingerprint density at radius 1 is 0.312 bits per heavy atom. The topological polar surface area (TPSA) is 78.9 Å². The number of esters is 3.